The molecule has 14 heavy (non-hydrogen) atoms. The summed E-state index contributed by atoms with van der Waals surface area (Å²) in [6.45, 7) is 7.06. The minimum atomic E-state index is 0.674. The van der Waals surface area contributed by atoms with E-state index >= 15 is 0 Å². The molecule has 0 spiro atoms. The molecule has 0 saturated heterocycles. The van der Waals surface area contributed by atoms with Crippen LogP contribution in [0.15, 0.2) is 24.8 Å². The Morgan fingerprint density at radius 1 is 1.57 bits per heavy atom. The molecule has 1 heterocycles. The van der Waals surface area contributed by atoms with E-state index in [1.165, 1.54) is 4.88 Å². The third-order valence-electron chi connectivity index (χ3n) is 1.84. The number of nitrogens with two attached hydrogens (primary N) is 1. The molecule has 78 valence electrons. The molecule has 0 saturated carbocycles. The van der Waals surface area contributed by atoms with Crippen molar-refractivity contribution in [3.8, 4) is 0 Å². The molecule has 2 N–H and O–H groups in total. The van der Waals surface area contributed by atoms with Crippen molar-refractivity contribution in [1.82, 2.24) is 4.90 Å². The van der Waals surface area contributed by atoms with Gasteiger partial charge in [0.1, 0.15) is 0 Å². The van der Waals surface area contributed by atoms with E-state index in [1.807, 2.05) is 12.1 Å². The first-order valence-corrected chi connectivity index (χ1v) is 5.73. The van der Waals surface area contributed by atoms with E-state index in [9.17, 15) is 0 Å². The van der Waals surface area contributed by atoms with Gasteiger partial charge in [-0.15, -0.1) is 17.9 Å². The van der Waals surface area contributed by atoms with Crippen molar-refractivity contribution in [2.45, 2.75) is 6.54 Å². The lowest BCUT2D eigenvalue weighted by molar-refractivity contribution is 0.306. The maximum Gasteiger partial charge on any atom is 0.0931 e. The van der Waals surface area contributed by atoms with Crippen LogP contribution in [0.4, 0.5) is 0 Å². The molecule has 0 atom stereocenters. The van der Waals surface area contributed by atoms with Gasteiger partial charge in [0.05, 0.1) is 4.34 Å². The van der Waals surface area contributed by atoms with Gasteiger partial charge in [-0.05, 0) is 12.1 Å². The van der Waals surface area contributed by atoms with Gasteiger partial charge in [0, 0.05) is 31.1 Å². The van der Waals surface area contributed by atoms with Crippen LogP contribution in [0.3, 0.4) is 0 Å². The highest BCUT2D eigenvalue weighted by atomic mass is 35.5. The number of hydrogen-bond donors (Lipinski definition) is 1. The number of hydrogen-bond acceptors (Lipinski definition) is 3. The predicted octanol–water partition coefficient (Wildman–Crippen LogP) is 2.35. The Morgan fingerprint density at radius 3 is 2.86 bits per heavy atom. The Morgan fingerprint density at radius 2 is 2.36 bits per heavy atom. The first kappa shape index (κ1) is 11.7. The van der Waals surface area contributed by atoms with E-state index in [4.69, 9.17) is 17.3 Å². The van der Waals surface area contributed by atoms with Crippen molar-refractivity contribution in [1.29, 1.82) is 0 Å². The SMILES string of the molecule is C=CCN(CCN)Cc1ccc(Cl)s1. The normalized spacial score (nSPS) is 10.8. The van der Waals surface area contributed by atoms with Crippen molar-refractivity contribution >= 4 is 22.9 Å². The third kappa shape index (κ3) is 3.80. The second kappa shape index (κ2) is 6.19. The average molecular weight is 231 g/mol. The van der Waals surface area contributed by atoms with Crippen LogP contribution < -0.4 is 5.73 Å². The van der Waals surface area contributed by atoms with Gasteiger partial charge in [0.25, 0.3) is 0 Å². The van der Waals surface area contributed by atoms with Gasteiger partial charge >= 0.3 is 0 Å². The molecular formula is C10H15ClN2S. The third-order valence-corrected chi connectivity index (χ3v) is 3.06. The standard InChI is InChI=1S/C10H15ClN2S/c1-2-6-13(7-5-12)8-9-3-4-10(11)14-9/h2-4H,1,5-8,12H2. The summed E-state index contributed by atoms with van der Waals surface area (Å²) in [7, 11) is 0. The summed E-state index contributed by atoms with van der Waals surface area (Å²) in [5.74, 6) is 0. The van der Waals surface area contributed by atoms with Gasteiger partial charge in [-0.2, -0.15) is 0 Å². The number of nitrogens with zero attached hydrogens (tertiary/aromatic N) is 1. The van der Waals surface area contributed by atoms with E-state index in [0.29, 0.717) is 6.54 Å². The molecule has 0 amide bonds. The van der Waals surface area contributed by atoms with Gasteiger partial charge < -0.3 is 5.73 Å². The summed E-state index contributed by atoms with van der Waals surface area (Å²) in [6, 6.07) is 3.98. The van der Waals surface area contributed by atoms with E-state index in [1.54, 1.807) is 11.3 Å². The van der Waals surface area contributed by atoms with Gasteiger partial charge in [0.2, 0.25) is 0 Å². The van der Waals surface area contributed by atoms with E-state index in [0.717, 1.165) is 24.0 Å². The summed E-state index contributed by atoms with van der Waals surface area (Å²) in [5, 5.41) is 0. The van der Waals surface area contributed by atoms with Gasteiger partial charge in [-0.3, -0.25) is 4.90 Å². The van der Waals surface area contributed by atoms with Crippen molar-refractivity contribution in [2.75, 3.05) is 19.6 Å². The Labute approximate surface area is 94.0 Å². The van der Waals surface area contributed by atoms with Crippen molar-refractivity contribution in [2.24, 2.45) is 5.73 Å². The Balaban J connectivity index is 2.49. The molecule has 4 heteroatoms. The molecule has 0 unspecified atom stereocenters. The van der Waals surface area contributed by atoms with Crippen LogP contribution in [0.25, 0.3) is 0 Å². The maximum absolute atomic E-state index is 5.85. The summed E-state index contributed by atoms with van der Waals surface area (Å²) in [5.41, 5.74) is 5.52. The monoisotopic (exact) mass is 230 g/mol. The van der Waals surface area contributed by atoms with Crippen LogP contribution in [-0.2, 0) is 6.54 Å². The van der Waals surface area contributed by atoms with Crippen LogP contribution in [0.1, 0.15) is 4.88 Å². The first-order chi connectivity index (χ1) is 6.76. The number of thiophene rings is 1. The highest BCUT2D eigenvalue weighted by Crippen LogP contribution is 2.22. The molecule has 2 nitrogen and oxygen atoms in total. The van der Waals surface area contributed by atoms with Crippen molar-refractivity contribution in [3.63, 3.8) is 0 Å². The number of rotatable bonds is 6. The fourth-order valence-electron chi connectivity index (χ4n) is 1.26. The Kier molecular flexibility index (Phi) is 5.19. The zero-order valence-electron chi connectivity index (χ0n) is 8.08. The summed E-state index contributed by atoms with van der Waals surface area (Å²) < 4.78 is 0.839. The lowest BCUT2D eigenvalue weighted by atomic mass is 10.4. The molecule has 0 bridgehead atoms. The highest BCUT2D eigenvalue weighted by Gasteiger charge is 2.04. The minimum absolute atomic E-state index is 0.674. The fraction of sp³-hybridized carbons (Fsp3) is 0.400. The maximum atomic E-state index is 5.85. The lowest BCUT2D eigenvalue weighted by Crippen LogP contribution is -2.28. The summed E-state index contributed by atoms with van der Waals surface area (Å²) in [6.07, 6.45) is 1.89. The summed E-state index contributed by atoms with van der Waals surface area (Å²) >= 11 is 7.47. The van der Waals surface area contributed by atoms with Crippen LogP contribution in [-0.4, -0.2) is 24.5 Å². The Hall–Kier alpha value is -0.350. The largest absolute Gasteiger partial charge is 0.329 e. The van der Waals surface area contributed by atoms with Crippen LogP contribution in [0, 0.1) is 0 Å². The molecule has 1 aromatic heterocycles. The van der Waals surface area contributed by atoms with Crippen LogP contribution >= 0.6 is 22.9 Å². The van der Waals surface area contributed by atoms with E-state index in [2.05, 4.69) is 17.5 Å². The van der Waals surface area contributed by atoms with E-state index in [-0.39, 0.29) is 0 Å². The van der Waals surface area contributed by atoms with Gasteiger partial charge in [-0.1, -0.05) is 17.7 Å². The molecule has 0 aliphatic rings. The highest BCUT2D eigenvalue weighted by molar-refractivity contribution is 7.16. The molecule has 0 aliphatic heterocycles. The molecular weight excluding hydrogens is 216 g/mol. The molecule has 0 aliphatic carbocycles. The van der Waals surface area contributed by atoms with E-state index < -0.39 is 0 Å². The van der Waals surface area contributed by atoms with Crippen molar-refractivity contribution < 1.29 is 0 Å². The second-order valence-corrected chi connectivity index (χ2v) is 4.82. The molecule has 1 aromatic rings. The fourth-order valence-corrected chi connectivity index (χ4v) is 2.39. The summed E-state index contributed by atoms with van der Waals surface area (Å²) in [4.78, 5) is 3.51. The minimum Gasteiger partial charge on any atom is -0.329 e. The quantitative estimate of drug-likeness (QED) is 0.761. The predicted molar refractivity (Wildman–Crippen MR) is 63.9 cm³/mol. The zero-order chi connectivity index (χ0) is 10.4. The average Bonchev–Trinajstić information content (AvgIpc) is 2.52. The van der Waals surface area contributed by atoms with Crippen LogP contribution in [0.5, 0.6) is 0 Å². The zero-order valence-corrected chi connectivity index (χ0v) is 9.65. The topological polar surface area (TPSA) is 29.3 Å². The molecule has 0 fully saturated rings. The molecule has 1 rings (SSSR count). The molecule has 0 aromatic carbocycles. The van der Waals surface area contributed by atoms with Gasteiger partial charge in [0.15, 0.2) is 0 Å². The smallest absolute Gasteiger partial charge is 0.0931 e. The second-order valence-electron chi connectivity index (χ2n) is 3.02. The molecule has 0 radical (unpaired) electrons. The van der Waals surface area contributed by atoms with Gasteiger partial charge in [-0.25, -0.2) is 0 Å². The number of halogens is 1. The van der Waals surface area contributed by atoms with Crippen molar-refractivity contribution in [3.05, 3.63) is 34.0 Å². The Bertz CT molecular complexity index is 285. The lowest BCUT2D eigenvalue weighted by Gasteiger charge is -2.18. The first-order valence-electron chi connectivity index (χ1n) is 4.53. The van der Waals surface area contributed by atoms with Crippen LogP contribution in [0.2, 0.25) is 4.34 Å².